The quantitative estimate of drug-likeness (QED) is 0.602. The number of carbonyl (C=O) groups is 2. The van der Waals surface area contributed by atoms with Gasteiger partial charge in [-0.3, -0.25) is 14.5 Å². The fourth-order valence-corrected chi connectivity index (χ4v) is 3.80. The summed E-state index contributed by atoms with van der Waals surface area (Å²) < 4.78 is 24.4. The number of halogens is 1. The number of benzene rings is 2. The number of amides is 1. The lowest BCUT2D eigenvalue weighted by molar-refractivity contribution is -0.139. The van der Waals surface area contributed by atoms with Crippen LogP contribution in [0.25, 0.3) is 0 Å². The first-order chi connectivity index (χ1) is 14.9. The van der Waals surface area contributed by atoms with Gasteiger partial charge in [-0.15, -0.1) is 0 Å². The summed E-state index contributed by atoms with van der Waals surface area (Å²) in [6.07, 6.45) is 0.742. The van der Waals surface area contributed by atoms with E-state index in [2.05, 4.69) is 11.8 Å². The van der Waals surface area contributed by atoms with Crippen LogP contribution in [0, 0.1) is 5.82 Å². The Balaban J connectivity index is 1.59. The monoisotopic (exact) mass is 428 g/mol. The van der Waals surface area contributed by atoms with E-state index in [1.165, 1.54) is 12.1 Å². The molecule has 1 aliphatic rings. The van der Waals surface area contributed by atoms with Gasteiger partial charge in [0.15, 0.2) is 18.1 Å². The molecule has 1 saturated heterocycles. The summed E-state index contributed by atoms with van der Waals surface area (Å²) in [5, 5.41) is 0. The average Bonchev–Trinajstić information content (AvgIpc) is 2.76. The van der Waals surface area contributed by atoms with Crippen molar-refractivity contribution in [3.8, 4) is 11.5 Å². The number of aldehydes is 1. The van der Waals surface area contributed by atoms with Crippen molar-refractivity contribution in [2.45, 2.75) is 39.4 Å². The highest BCUT2D eigenvalue weighted by Crippen LogP contribution is 2.28. The normalized spacial score (nSPS) is 19.2. The molecule has 1 amide bonds. The summed E-state index contributed by atoms with van der Waals surface area (Å²) in [6.45, 7) is 8.30. The summed E-state index contributed by atoms with van der Waals surface area (Å²) in [7, 11) is 0. The van der Waals surface area contributed by atoms with Gasteiger partial charge in [-0.25, -0.2) is 4.39 Å². The molecule has 1 heterocycles. The first-order valence-electron chi connectivity index (χ1n) is 10.5. The highest BCUT2D eigenvalue weighted by molar-refractivity contribution is 5.79. The van der Waals surface area contributed by atoms with Gasteiger partial charge in [0, 0.05) is 37.3 Å². The van der Waals surface area contributed by atoms with E-state index in [4.69, 9.17) is 9.47 Å². The number of ether oxygens (including phenoxy) is 2. The van der Waals surface area contributed by atoms with E-state index in [9.17, 15) is 14.0 Å². The van der Waals surface area contributed by atoms with Gasteiger partial charge in [-0.1, -0.05) is 12.1 Å². The molecule has 0 spiro atoms. The van der Waals surface area contributed by atoms with Crippen molar-refractivity contribution < 1.29 is 23.5 Å². The largest absolute Gasteiger partial charge is 0.490 e. The molecule has 166 valence electrons. The molecule has 1 aliphatic heterocycles. The minimum absolute atomic E-state index is 0.0246. The van der Waals surface area contributed by atoms with Crippen molar-refractivity contribution in [2.75, 3.05) is 26.3 Å². The lowest BCUT2D eigenvalue weighted by Crippen LogP contribution is -2.58. The molecule has 3 rings (SSSR count). The van der Waals surface area contributed by atoms with E-state index in [1.54, 1.807) is 30.3 Å². The third-order valence-corrected chi connectivity index (χ3v) is 5.49. The summed E-state index contributed by atoms with van der Waals surface area (Å²) in [4.78, 5) is 28.0. The molecule has 2 atom stereocenters. The van der Waals surface area contributed by atoms with E-state index in [-0.39, 0.29) is 30.4 Å². The maximum absolute atomic E-state index is 13.2. The Bertz CT molecular complexity index is 903. The molecule has 1 fully saturated rings. The number of rotatable bonds is 8. The zero-order valence-electron chi connectivity index (χ0n) is 18.2. The Labute approximate surface area is 182 Å². The Hall–Kier alpha value is -2.93. The second-order valence-corrected chi connectivity index (χ2v) is 7.85. The molecule has 31 heavy (non-hydrogen) atoms. The van der Waals surface area contributed by atoms with Crippen molar-refractivity contribution >= 4 is 12.2 Å². The van der Waals surface area contributed by atoms with Crippen LogP contribution in [-0.2, 0) is 11.3 Å². The number of hydrogen-bond acceptors (Lipinski definition) is 5. The standard InChI is InChI=1S/C24H29FN2O4/c1-4-30-23-11-20(15-28)7-10-22(23)31-16-24(29)27-13-17(2)26(12-18(27)3)14-19-5-8-21(25)9-6-19/h5-11,15,17-18H,4,12-14,16H2,1-3H3/t17-,18+/m0/s1. The van der Waals surface area contributed by atoms with Crippen LogP contribution >= 0.6 is 0 Å². The molecular weight excluding hydrogens is 399 g/mol. The molecule has 2 aromatic carbocycles. The van der Waals surface area contributed by atoms with Crippen molar-refractivity contribution in [3.63, 3.8) is 0 Å². The smallest absolute Gasteiger partial charge is 0.260 e. The van der Waals surface area contributed by atoms with Crippen LogP contribution in [0.2, 0.25) is 0 Å². The van der Waals surface area contributed by atoms with Gasteiger partial charge >= 0.3 is 0 Å². The predicted molar refractivity (Wildman–Crippen MR) is 116 cm³/mol. The van der Waals surface area contributed by atoms with Crippen LogP contribution in [0.4, 0.5) is 4.39 Å². The van der Waals surface area contributed by atoms with Gasteiger partial charge in [0.1, 0.15) is 12.1 Å². The van der Waals surface area contributed by atoms with E-state index in [0.29, 0.717) is 36.8 Å². The van der Waals surface area contributed by atoms with Crippen LogP contribution < -0.4 is 9.47 Å². The zero-order valence-corrected chi connectivity index (χ0v) is 18.2. The Kier molecular flexibility index (Phi) is 7.63. The van der Waals surface area contributed by atoms with Crippen LogP contribution in [0.5, 0.6) is 11.5 Å². The molecule has 0 N–H and O–H groups in total. The lowest BCUT2D eigenvalue weighted by Gasteiger charge is -2.44. The molecular formula is C24H29FN2O4. The second kappa shape index (κ2) is 10.4. The zero-order chi connectivity index (χ0) is 22.4. The van der Waals surface area contributed by atoms with E-state index in [0.717, 1.165) is 18.4 Å². The molecule has 0 aliphatic carbocycles. The van der Waals surface area contributed by atoms with Gasteiger partial charge < -0.3 is 14.4 Å². The molecule has 0 bridgehead atoms. The minimum atomic E-state index is -0.242. The van der Waals surface area contributed by atoms with E-state index < -0.39 is 0 Å². The van der Waals surface area contributed by atoms with Crippen LogP contribution in [0.3, 0.4) is 0 Å². The fraction of sp³-hybridized carbons (Fsp3) is 0.417. The SMILES string of the molecule is CCOc1cc(C=O)ccc1OCC(=O)N1C[C@H](C)N(Cc2ccc(F)cc2)C[C@H]1C. The van der Waals surface area contributed by atoms with Gasteiger partial charge in [0.05, 0.1) is 6.61 Å². The fourth-order valence-electron chi connectivity index (χ4n) is 3.80. The molecule has 2 aromatic rings. The third kappa shape index (κ3) is 5.82. The Morgan fingerprint density at radius 2 is 1.81 bits per heavy atom. The topological polar surface area (TPSA) is 59.1 Å². The molecule has 0 radical (unpaired) electrons. The number of nitrogens with zero attached hydrogens (tertiary/aromatic N) is 2. The van der Waals surface area contributed by atoms with Gasteiger partial charge in [-0.2, -0.15) is 0 Å². The number of hydrogen-bond donors (Lipinski definition) is 0. The summed E-state index contributed by atoms with van der Waals surface area (Å²) in [5.41, 5.74) is 1.53. The average molecular weight is 429 g/mol. The number of piperazine rings is 1. The maximum Gasteiger partial charge on any atom is 0.260 e. The Morgan fingerprint density at radius 3 is 2.48 bits per heavy atom. The number of carbonyl (C=O) groups excluding carboxylic acids is 2. The molecule has 7 heteroatoms. The predicted octanol–water partition coefficient (Wildman–Crippen LogP) is 3.54. The van der Waals surface area contributed by atoms with Crippen molar-refractivity contribution in [3.05, 3.63) is 59.4 Å². The second-order valence-electron chi connectivity index (χ2n) is 7.85. The van der Waals surface area contributed by atoms with Crippen molar-refractivity contribution in [1.29, 1.82) is 0 Å². The molecule has 6 nitrogen and oxygen atoms in total. The first-order valence-corrected chi connectivity index (χ1v) is 10.5. The molecule has 0 saturated carbocycles. The van der Waals surface area contributed by atoms with Gasteiger partial charge in [0.2, 0.25) is 0 Å². The highest BCUT2D eigenvalue weighted by Gasteiger charge is 2.32. The lowest BCUT2D eigenvalue weighted by atomic mass is 10.1. The highest BCUT2D eigenvalue weighted by atomic mass is 19.1. The molecule has 0 aromatic heterocycles. The van der Waals surface area contributed by atoms with Crippen molar-refractivity contribution in [2.24, 2.45) is 0 Å². The third-order valence-electron chi connectivity index (χ3n) is 5.49. The van der Waals surface area contributed by atoms with Gasteiger partial charge in [-0.05, 0) is 56.7 Å². The maximum atomic E-state index is 13.2. The van der Waals surface area contributed by atoms with Crippen LogP contribution in [0.15, 0.2) is 42.5 Å². The van der Waals surface area contributed by atoms with E-state index >= 15 is 0 Å². The summed E-state index contributed by atoms with van der Waals surface area (Å²) >= 11 is 0. The van der Waals surface area contributed by atoms with Gasteiger partial charge in [0.25, 0.3) is 5.91 Å². The van der Waals surface area contributed by atoms with E-state index in [1.807, 2.05) is 18.7 Å². The van der Waals surface area contributed by atoms with Crippen LogP contribution in [0.1, 0.15) is 36.7 Å². The summed E-state index contributed by atoms with van der Waals surface area (Å²) in [5.74, 6) is 0.554. The minimum Gasteiger partial charge on any atom is -0.490 e. The van der Waals surface area contributed by atoms with Crippen molar-refractivity contribution in [1.82, 2.24) is 9.80 Å². The molecule has 0 unspecified atom stereocenters. The first kappa shape index (κ1) is 22.7. The Morgan fingerprint density at radius 1 is 1.06 bits per heavy atom. The summed E-state index contributed by atoms with van der Waals surface area (Å²) in [6, 6.07) is 11.6. The van der Waals surface area contributed by atoms with Crippen LogP contribution in [-0.4, -0.2) is 60.4 Å².